The van der Waals surface area contributed by atoms with Gasteiger partial charge in [0, 0.05) is 94.6 Å². The summed E-state index contributed by atoms with van der Waals surface area (Å²) >= 11 is 0. The predicted octanol–water partition coefficient (Wildman–Crippen LogP) is 2.58. The van der Waals surface area contributed by atoms with Gasteiger partial charge in [-0.3, -0.25) is 9.99 Å². The molecule has 0 spiro atoms. The van der Waals surface area contributed by atoms with Crippen LogP contribution in [0.3, 0.4) is 0 Å². The molecule has 0 bridgehead atoms. The van der Waals surface area contributed by atoms with Gasteiger partial charge in [0.25, 0.3) is 0 Å². The van der Waals surface area contributed by atoms with Crippen LogP contribution in [0.1, 0.15) is 24.5 Å². The van der Waals surface area contributed by atoms with Crippen LogP contribution in [0.25, 0.3) is 11.0 Å². The Morgan fingerprint density at radius 1 is 1.00 bits per heavy atom. The Morgan fingerprint density at radius 3 is 2.38 bits per heavy atom. The lowest BCUT2D eigenvalue weighted by atomic mass is 10.0. The summed E-state index contributed by atoms with van der Waals surface area (Å²) in [7, 11) is 5.24. The summed E-state index contributed by atoms with van der Waals surface area (Å²) in [6.07, 6.45) is 4.43. The number of methoxy groups -OCH3 is 2. The van der Waals surface area contributed by atoms with Crippen molar-refractivity contribution in [3.63, 3.8) is 0 Å². The molecule has 1 fully saturated rings. The molecule has 1 saturated heterocycles. The Kier molecular flexibility index (Phi) is 7.14. The molecular weight excluding hydrogens is 472 g/mol. The standard InChI is InChI=1S/C27H34N6O4/c1-31-18-19(16-29-31)26-17-28-24-5-4-20(14-25(24)30-26)33(11-10-32-8-6-27(34,35)7-9-32)21-12-22(36-2)15-23(13-21)37-3/h4-5,12-17,19,34-35H,6-11,18H2,1-3H3. The highest BCUT2D eigenvalue weighted by Crippen LogP contribution is 2.34. The molecule has 2 aromatic carbocycles. The van der Waals surface area contributed by atoms with Crippen molar-refractivity contribution >= 4 is 28.6 Å². The normalized spacial score (nSPS) is 19.4. The monoisotopic (exact) mass is 506 g/mol. The minimum absolute atomic E-state index is 0.119. The zero-order valence-corrected chi connectivity index (χ0v) is 21.5. The van der Waals surface area contributed by atoms with E-state index < -0.39 is 5.79 Å². The number of nitrogens with zero attached hydrogens (tertiary/aromatic N) is 6. The number of ether oxygens (including phenoxy) is 2. The van der Waals surface area contributed by atoms with E-state index in [0.717, 1.165) is 41.2 Å². The third kappa shape index (κ3) is 5.76. The van der Waals surface area contributed by atoms with Crippen LogP contribution in [0.4, 0.5) is 11.4 Å². The van der Waals surface area contributed by atoms with Crippen molar-refractivity contribution in [2.45, 2.75) is 24.5 Å². The summed E-state index contributed by atoms with van der Waals surface area (Å²) in [6, 6.07) is 11.9. The summed E-state index contributed by atoms with van der Waals surface area (Å²) in [5.74, 6) is -0.0388. The van der Waals surface area contributed by atoms with Crippen LogP contribution in [-0.4, -0.2) is 96.1 Å². The fourth-order valence-corrected chi connectivity index (χ4v) is 4.84. The van der Waals surface area contributed by atoms with E-state index in [0.29, 0.717) is 44.0 Å². The molecule has 5 rings (SSSR count). The first-order valence-corrected chi connectivity index (χ1v) is 12.5. The van der Waals surface area contributed by atoms with Gasteiger partial charge in [-0.15, -0.1) is 0 Å². The maximum Gasteiger partial charge on any atom is 0.164 e. The van der Waals surface area contributed by atoms with Gasteiger partial charge >= 0.3 is 0 Å². The molecule has 1 unspecified atom stereocenters. The first kappa shape index (κ1) is 25.2. The molecule has 3 aromatic rings. The number of hydrogen-bond donors (Lipinski definition) is 2. The Bertz CT molecular complexity index is 1250. The van der Waals surface area contributed by atoms with Crippen molar-refractivity contribution in [2.24, 2.45) is 5.10 Å². The molecule has 3 heterocycles. The number of aliphatic hydroxyl groups is 2. The number of hydrogen-bond acceptors (Lipinski definition) is 10. The Hall–Kier alpha value is -3.47. The van der Waals surface area contributed by atoms with E-state index in [4.69, 9.17) is 14.5 Å². The van der Waals surface area contributed by atoms with E-state index in [1.807, 2.05) is 48.7 Å². The molecule has 1 aromatic heterocycles. The minimum Gasteiger partial charge on any atom is -0.497 e. The van der Waals surface area contributed by atoms with Gasteiger partial charge in [0.15, 0.2) is 5.79 Å². The average Bonchev–Trinajstić information content (AvgIpc) is 3.35. The predicted molar refractivity (Wildman–Crippen MR) is 143 cm³/mol. The first-order chi connectivity index (χ1) is 17.8. The lowest BCUT2D eigenvalue weighted by Gasteiger charge is -2.36. The van der Waals surface area contributed by atoms with Crippen LogP contribution in [0.5, 0.6) is 11.5 Å². The van der Waals surface area contributed by atoms with Crippen LogP contribution in [-0.2, 0) is 0 Å². The number of aromatic nitrogens is 2. The number of fused-ring (bicyclic) bond motifs is 1. The van der Waals surface area contributed by atoms with E-state index >= 15 is 0 Å². The van der Waals surface area contributed by atoms with Gasteiger partial charge in [0.1, 0.15) is 11.5 Å². The Morgan fingerprint density at radius 2 is 1.73 bits per heavy atom. The van der Waals surface area contributed by atoms with Gasteiger partial charge in [-0.25, -0.2) is 4.98 Å². The lowest BCUT2D eigenvalue weighted by Crippen LogP contribution is -2.46. The highest BCUT2D eigenvalue weighted by Gasteiger charge is 2.29. The second-order valence-corrected chi connectivity index (χ2v) is 9.73. The molecule has 10 heteroatoms. The van der Waals surface area contributed by atoms with Gasteiger partial charge in [-0.1, -0.05) is 0 Å². The van der Waals surface area contributed by atoms with Crippen LogP contribution < -0.4 is 14.4 Å². The molecule has 196 valence electrons. The van der Waals surface area contributed by atoms with E-state index in [2.05, 4.69) is 32.0 Å². The third-order valence-electron chi connectivity index (χ3n) is 7.09. The Balaban J connectivity index is 1.47. The van der Waals surface area contributed by atoms with Gasteiger partial charge in [-0.2, -0.15) is 5.10 Å². The topological polar surface area (TPSA) is 107 Å². The molecule has 2 aliphatic rings. The molecule has 0 amide bonds. The molecule has 2 aliphatic heterocycles. The summed E-state index contributed by atoms with van der Waals surface area (Å²) < 4.78 is 11.1. The van der Waals surface area contributed by atoms with E-state index in [9.17, 15) is 10.2 Å². The van der Waals surface area contributed by atoms with Gasteiger partial charge in [0.05, 0.1) is 36.9 Å². The smallest absolute Gasteiger partial charge is 0.164 e. The molecule has 0 saturated carbocycles. The average molecular weight is 507 g/mol. The Labute approximate surface area is 216 Å². The van der Waals surface area contributed by atoms with Crippen molar-refractivity contribution in [2.75, 3.05) is 58.9 Å². The van der Waals surface area contributed by atoms with Gasteiger partial charge in [0.2, 0.25) is 0 Å². The summed E-state index contributed by atoms with van der Waals surface area (Å²) in [4.78, 5) is 14.1. The van der Waals surface area contributed by atoms with E-state index in [-0.39, 0.29) is 5.92 Å². The maximum absolute atomic E-state index is 9.92. The number of likely N-dealkylation sites (N-methyl/N-ethyl adjacent to an activating group) is 1. The fraction of sp³-hybridized carbons (Fsp3) is 0.444. The first-order valence-electron chi connectivity index (χ1n) is 12.5. The van der Waals surface area contributed by atoms with Crippen LogP contribution in [0.15, 0.2) is 47.7 Å². The number of likely N-dealkylation sites (tertiary alicyclic amines) is 1. The molecular formula is C27H34N6O4. The van der Waals surface area contributed by atoms with Crippen LogP contribution >= 0.6 is 0 Å². The van der Waals surface area contributed by atoms with Crippen LogP contribution in [0, 0.1) is 0 Å². The highest BCUT2D eigenvalue weighted by atomic mass is 16.5. The zero-order chi connectivity index (χ0) is 26.0. The number of rotatable bonds is 8. The second kappa shape index (κ2) is 10.5. The summed E-state index contributed by atoms with van der Waals surface area (Å²) in [5, 5.41) is 26.1. The number of anilines is 2. The SMILES string of the molecule is COc1cc(OC)cc(N(CCN2CCC(O)(O)CC2)c2ccc3ncc(C4C=NN(C)C4)nc3c2)c1. The van der Waals surface area contributed by atoms with Crippen molar-refractivity contribution in [3.05, 3.63) is 48.3 Å². The maximum atomic E-state index is 9.92. The fourth-order valence-electron chi connectivity index (χ4n) is 4.84. The lowest BCUT2D eigenvalue weighted by molar-refractivity contribution is -0.188. The summed E-state index contributed by atoms with van der Waals surface area (Å²) in [5.41, 5.74) is 4.46. The largest absolute Gasteiger partial charge is 0.497 e. The van der Waals surface area contributed by atoms with Gasteiger partial charge in [-0.05, 0) is 18.2 Å². The van der Waals surface area contributed by atoms with Gasteiger partial charge < -0.3 is 29.5 Å². The second-order valence-electron chi connectivity index (χ2n) is 9.73. The highest BCUT2D eigenvalue weighted by molar-refractivity contribution is 5.82. The molecule has 2 N–H and O–H groups in total. The number of benzene rings is 2. The van der Waals surface area contributed by atoms with E-state index in [1.165, 1.54) is 0 Å². The molecule has 0 radical (unpaired) electrons. The van der Waals surface area contributed by atoms with Crippen molar-refractivity contribution in [1.29, 1.82) is 0 Å². The van der Waals surface area contributed by atoms with Crippen molar-refractivity contribution in [1.82, 2.24) is 19.9 Å². The quantitative estimate of drug-likeness (QED) is 0.446. The van der Waals surface area contributed by atoms with Crippen molar-refractivity contribution in [3.8, 4) is 11.5 Å². The zero-order valence-electron chi connectivity index (χ0n) is 21.5. The molecule has 1 atom stereocenters. The van der Waals surface area contributed by atoms with Crippen LogP contribution in [0.2, 0.25) is 0 Å². The molecule has 10 nitrogen and oxygen atoms in total. The third-order valence-corrected chi connectivity index (χ3v) is 7.09. The number of piperidine rings is 1. The number of hydrazone groups is 1. The molecule has 37 heavy (non-hydrogen) atoms. The van der Waals surface area contributed by atoms with E-state index in [1.54, 1.807) is 14.2 Å². The van der Waals surface area contributed by atoms with Crippen molar-refractivity contribution < 1.29 is 19.7 Å². The molecule has 0 aliphatic carbocycles. The summed E-state index contributed by atoms with van der Waals surface area (Å²) in [6.45, 7) is 3.48. The minimum atomic E-state index is -1.57.